The number of nitrogens with zero attached hydrogens (tertiary/aromatic N) is 2. The second-order valence-electron chi connectivity index (χ2n) is 6.65. The summed E-state index contributed by atoms with van der Waals surface area (Å²) in [6.07, 6.45) is 0. The minimum atomic E-state index is -0.616. The van der Waals surface area contributed by atoms with Gasteiger partial charge in [0.1, 0.15) is 23.7 Å². The van der Waals surface area contributed by atoms with Crippen LogP contribution in [0.25, 0.3) is 10.8 Å². The summed E-state index contributed by atoms with van der Waals surface area (Å²) >= 11 is 0. The SMILES string of the molecule is Cc1noc(C)c1COc1cc2ccccc2cc1C(=O)OCC(=O)N(C)C. The third kappa shape index (κ3) is 4.14. The third-order valence-corrected chi connectivity index (χ3v) is 4.45. The normalized spacial score (nSPS) is 10.7. The van der Waals surface area contributed by atoms with Crippen LogP contribution >= 0.6 is 0 Å². The molecule has 2 aromatic carbocycles. The Kier molecular flexibility index (Phi) is 5.63. The van der Waals surface area contributed by atoms with Crippen LogP contribution in [0.2, 0.25) is 0 Å². The predicted octanol–water partition coefficient (Wildman–Crippen LogP) is 3.27. The van der Waals surface area contributed by atoms with Gasteiger partial charge >= 0.3 is 5.97 Å². The topological polar surface area (TPSA) is 81.9 Å². The number of fused-ring (bicyclic) bond motifs is 1. The summed E-state index contributed by atoms with van der Waals surface area (Å²) in [5.41, 5.74) is 1.83. The van der Waals surface area contributed by atoms with Gasteiger partial charge in [0.15, 0.2) is 6.61 Å². The van der Waals surface area contributed by atoms with Crippen molar-refractivity contribution in [2.75, 3.05) is 20.7 Å². The van der Waals surface area contributed by atoms with Crippen molar-refractivity contribution in [3.8, 4) is 5.75 Å². The molecule has 0 saturated heterocycles. The van der Waals surface area contributed by atoms with Crippen LogP contribution in [0.3, 0.4) is 0 Å². The van der Waals surface area contributed by atoms with Crippen molar-refractivity contribution in [1.29, 1.82) is 0 Å². The number of hydrogen-bond acceptors (Lipinski definition) is 6. The first-order valence-corrected chi connectivity index (χ1v) is 8.81. The number of carbonyl (C=O) groups excluding carboxylic acids is 2. The Bertz CT molecular complexity index is 1000. The largest absolute Gasteiger partial charge is 0.488 e. The Balaban J connectivity index is 1.89. The molecule has 7 heteroatoms. The molecule has 3 rings (SSSR count). The van der Waals surface area contributed by atoms with Gasteiger partial charge in [-0.3, -0.25) is 4.79 Å². The molecule has 1 heterocycles. The number of carbonyl (C=O) groups is 2. The second kappa shape index (κ2) is 8.12. The first-order valence-electron chi connectivity index (χ1n) is 8.81. The summed E-state index contributed by atoms with van der Waals surface area (Å²) in [5, 5.41) is 5.71. The lowest BCUT2D eigenvalue weighted by Crippen LogP contribution is -2.27. The molecule has 0 aliphatic heterocycles. The minimum absolute atomic E-state index is 0.205. The molecule has 0 radical (unpaired) electrons. The monoisotopic (exact) mass is 382 g/mol. The fourth-order valence-electron chi connectivity index (χ4n) is 2.69. The van der Waals surface area contributed by atoms with E-state index in [1.165, 1.54) is 4.90 Å². The number of likely N-dealkylation sites (N-methyl/N-ethyl adjacent to an activating group) is 1. The van der Waals surface area contributed by atoms with Gasteiger partial charge in [0.25, 0.3) is 5.91 Å². The summed E-state index contributed by atoms with van der Waals surface area (Å²) in [6, 6.07) is 11.1. The summed E-state index contributed by atoms with van der Waals surface area (Å²) in [6.45, 7) is 3.51. The van der Waals surface area contributed by atoms with E-state index in [9.17, 15) is 9.59 Å². The number of rotatable bonds is 6. The Morgan fingerprint density at radius 2 is 1.79 bits per heavy atom. The molecular weight excluding hydrogens is 360 g/mol. The van der Waals surface area contributed by atoms with E-state index < -0.39 is 5.97 Å². The molecule has 28 heavy (non-hydrogen) atoms. The van der Waals surface area contributed by atoms with Crippen molar-refractivity contribution < 1.29 is 23.6 Å². The van der Waals surface area contributed by atoms with Gasteiger partial charge in [0.2, 0.25) is 0 Å². The number of aromatic nitrogens is 1. The van der Waals surface area contributed by atoms with E-state index in [0.29, 0.717) is 11.5 Å². The minimum Gasteiger partial charge on any atom is -0.488 e. The quantitative estimate of drug-likeness (QED) is 0.609. The molecule has 0 aliphatic rings. The van der Waals surface area contributed by atoms with Crippen LogP contribution in [0.15, 0.2) is 40.9 Å². The summed E-state index contributed by atoms with van der Waals surface area (Å²) in [4.78, 5) is 25.7. The zero-order valence-corrected chi connectivity index (χ0v) is 16.3. The molecule has 3 aromatic rings. The molecule has 0 fully saturated rings. The fraction of sp³-hybridized carbons (Fsp3) is 0.286. The van der Waals surface area contributed by atoms with Crippen LogP contribution in [-0.4, -0.2) is 42.6 Å². The fourth-order valence-corrected chi connectivity index (χ4v) is 2.69. The Morgan fingerprint density at radius 1 is 1.11 bits per heavy atom. The van der Waals surface area contributed by atoms with Crippen molar-refractivity contribution in [3.05, 3.63) is 59.0 Å². The maximum atomic E-state index is 12.6. The van der Waals surface area contributed by atoms with Crippen LogP contribution in [-0.2, 0) is 16.1 Å². The van der Waals surface area contributed by atoms with Gasteiger partial charge in [0, 0.05) is 14.1 Å². The van der Waals surface area contributed by atoms with Crippen molar-refractivity contribution in [3.63, 3.8) is 0 Å². The maximum absolute atomic E-state index is 12.6. The second-order valence-corrected chi connectivity index (χ2v) is 6.65. The van der Waals surface area contributed by atoms with Gasteiger partial charge in [-0.25, -0.2) is 4.79 Å². The van der Waals surface area contributed by atoms with Gasteiger partial charge < -0.3 is 18.9 Å². The standard InChI is InChI=1S/C21H22N2O5/c1-13-18(14(2)28-22-13)11-26-19-10-16-8-6-5-7-15(16)9-17(19)21(25)27-12-20(24)23(3)4/h5-10H,11-12H2,1-4H3. The number of esters is 1. The molecule has 1 amide bonds. The van der Waals surface area contributed by atoms with E-state index in [0.717, 1.165) is 22.0 Å². The van der Waals surface area contributed by atoms with Crippen molar-refractivity contribution in [2.24, 2.45) is 0 Å². The van der Waals surface area contributed by atoms with E-state index >= 15 is 0 Å². The maximum Gasteiger partial charge on any atom is 0.342 e. The van der Waals surface area contributed by atoms with Crippen LogP contribution in [0.1, 0.15) is 27.4 Å². The van der Waals surface area contributed by atoms with Crippen LogP contribution < -0.4 is 4.74 Å². The van der Waals surface area contributed by atoms with Gasteiger partial charge in [-0.1, -0.05) is 29.4 Å². The van der Waals surface area contributed by atoms with E-state index in [1.807, 2.05) is 31.2 Å². The predicted molar refractivity (Wildman–Crippen MR) is 103 cm³/mol. The molecule has 0 N–H and O–H groups in total. The molecule has 0 unspecified atom stereocenters. The van der Waals surface area contributed by atoms with Gasteiger partial charge in [-0.05, 0) is 36.8 Å². The molecule has 1 aromatic heterocycles. The smallest absolute Gasteiger partial charge is 0.342 e. The molecule has 7 nitrogen and oxygen atoms in total. The number of aryl methyl sites for hydroxylation is 2. The van der Waals surface area contributed by atoms with E-state index in [1.54, 1.807) is 33.2 Å². The van der Waals surface area contributed by atoms with Gasteiger partial charge in [-0.15, -0.1) is 0 Å². The van der Waals surface area contributed by atoms with E-state index in [2.05, 4.69) is 5.16 Å². The zero-order valence-electron chi connectivity index (χ0n) is 16.3. The molecule has 0 aliphatic carbocycles. The van der Waals surface area contributed by atoms with E-state index in [4.69, 9.17) is 14.0 Å². The zero-order chi connectivity index (χ0) is 20.3. The van der Waals surface area contributed by atoms with Crippen molar-refractivity contribution in [2.45, 2.75) is 20.5 Å². The first-order chi connectivity index (χ1) is 13.4. The number of ether oxygens (including phenoxy) is 2. The van der Waals surface area contributed by atoms with E-state index in [-0.39, 0.29) is 24.7 Å². The molecule has 146 valence electrons. The average molecular weight is 382 g/mol. The van der Waals surface area contributed by atoms with Gasteiger partial charge in [-0.2, -0.15) is 0 Å². The van der Waals surface area contributed by atoms with Crippen LogP contribution in [0.5, 0.6) is 5.75 Å². The Hall–Kier alpha value is -3.35. The lowest BCUT2D eigenvalue weighted by molar-refractivity contribution is -0.131. The summed E-state index contributed by atoms with van der Waals surface area (Å²) in [5.74, 6) is 0.127. The highest BCUT2D eigenvalue weighted by atomic mass is 16.5. The number of hydrogen-bond donors (Lipinski definition) is 0. The number of benzene rings is 2. The molecular formula is C21H22N2O5. The first kappa shape index (κ1) is 19.4. The third-order valence-electron chi connectivity index (χ3n) is 4.45. The van der Waals surface area contributed by atoms with Crippen LogP contribution in [0, 0.1) is 13.8 Å². The molecule has 0 spiro atoms. The Labute approximate surface area is 162 Å². The van der Waals surface area contributed by atoms with Crippen molar-refractivity contribution >= 4 is 22.6 Å². The van der Waals surface area contributed by atoms with Gasteiger partial charge in [0.05, 0.1) is 11.3 Å². The lowest BCUT2D eigenvalue weighted by atomic mass is 10.1. The highest BCUT2D eigenvalue weighted by molar-refractivity contribution is 5.99. The van der Waals surface area contributed by atoms with Crippen LogP contribution in [0.4, 0.5) is 0 Å². The molecule has 0 bridgehead atoms. The van der Waals surface area contributed by atoms with Crippen molar-refractivity contribution in [1.82, 2.24) is 10.1 Å². The molecule has 0 saturated carbocycles. The average Bonchev–Trinajstić information content (AvgIpc) is 3.00. The molecule has 0 atom stereocenters. The number of amides is 1. The highest BCUT2D eigenvalue weighted by Gasteiger charge is 2.19. The highest BCUT2D eigenvalue weighted by Crippen LogP contribution is 2.28. The Morgan fingerprint density at radius 3 is 2.39 bits per heavy atom. The summed E-state index contributed by atoms with van der Waals surface area (Å²) < 4.78 is 16.3. The summed E-state index contributed by atoms with van der Waals surface area (Å²) in [7, 11) is 3.20. The lowest BCUT2D eigenvalue weighted by Gasteiger charge is -2.14.